The second-order valence-electron chi connectivity index (χ2n) is 5.64. The average molecular weight is 274 g/mol. The highest BCUT2D eigenvalue weighted by Crippen LogP contribution is 2.40. The van der Waals surface area contributed by atoms with Gasteiger partial charge in [0.1, 0.15) is 5.52 Å². The molecular formula is C13H18N6O. The SMILES string of the molecule is CNc1nc(N2C3CCC2CC(O)C3)c2[nH]cnc2n1. The Balaban J connectivity index is 1.83. The number of nitrogens with one attached hydrogen (secondary N) is 2. The fraction of sp³-hybridized carbons (Fsp3) is 0.615. The van der Waals surface area contributed by atoms with E-state index in [-0.39, 0.29) is 6.10 Å². The fourth-order valence-corrected chi connectivity index (χ4v) is 3.61. The maximum Gasteiger partial charge on any atom is 0.226 e. The molecule has 0 aromatic carbocycles. The molecule has 2 aliphatic heterocycles. The molecule has 2 atom stereocenters. The number of hydrogen-bond donors (Lipinski definition) is 3. The summed E-state index contributed by atoms with van der Waals surface area (Å²) in [5.74, 6) is 1.50. The van der Waals surface area contributed by atoms with Crippen LogP contribution in [-0.2, 0) is 0 Å². The van der Waals surface area contributed by atoms with E-state index in [9.17, 15) is 5.11 Å². The second-order valence-corrected chi connectivity index (χ2v) is 5.64. The van der Waals surface area contributed by atoms with Crippen molar-refractivity contribution in [3.05, 3.63) is 6.33 Å². The van der Waals surface area contributed by atoms with Crippen LogP contribution in [0, 0.1) is 0 Å². The van der Waals surface area contributed by atoms with Crippen LogP contribution in [0.4, 0.5) is 11.8 Å². The monoisotopic (exact) mass is 274 g/mol. The first kappa shape index (κ1) is 11.9. The largest absolute Gasteiger partial charge is 0.393 e. The lowest BCUT2D eigenvalue weighted by molar-refractivity contribution is 0.126. The Morgan fingerprint density at radius 3 is 2.75 bits per heavy atom. The van der Waals surface area contributed by atoms with Crippen LogP contribution in [0.5, 0.6) is 0 Å². The number of piperidine rings is 1. The molecule has 0 radical (unpaired) electrons. The number of H-pyrrole nitrogens is 1. The molecule has 20 heavy (non-hydrogen) atoms. The molecule has 2 aromatic heterocycles. The normalized spacial score (nSPS) is 29.1. The van der Waals surface area contributed by atoms with Gasteiger partial charge in [0.25, 0.3) is 0 Å². The van der Waals surface area contributed by atoms with Gasteiger partial charge in [0, 0.05) is 19.1 Å². The third-order valence-electron chi connectivity index (χ3n) is 4.44. The van der Waals surface area contributed by atoms with Gasteiger partial charge >= 0.3 is 0 Å². The summed E-state index contributed by atoms with van der Waals surface area (Å²) < 4.78 is 0. The Morgan fingerprint density at radius 1 is 1.30 bits per heavy atom. The van der Waals surface area contributed by atoms with E-state index >= 15 is 0 Å². The Bertz CT molecular complexity index is 627. The molecule has 4 heterocycles. The minimum atomic E-state index is -0.174. The van der Waals surface area contributed by atoms with Crippen LogP contribution in [0.2, 0.25) is 0 Å². The van der Waals surface area contributed by atoms with Gasteiger partial charge in [-0.3, -0.25) is 0 Å². The van der Waals surface area contributed by atoms with Gasteiger partial charge in [0.05, 0.1) is 12.4 Å². The van der Waals surface area contributed by atoms with Crippen molar-refractivity contribution in [1.82, 2.24) is 19.9 Å². The Kier molecular flexibility index (Phi) is 2.56. The molecular weight excluding hydrogens is 256 g/mol. The zero-order chi connectivity index (χ0) is 13.7. The van der Waals surface area contributed by atoms with Crippen LogP contribution in [0.1, 0.15) is 25.7 Å². The van der Waals surface area contributed by atoms with Crippen molar-refractivity contribution >= 4 is 22.9 Å². The summed E-state index contributed by atoms with van der Waals surface area (Å²) in [7, 11) is 1.81. The fourth-order valence-electron chi connectivity index (χ4n) is 3.61. The van der Waals surface area contributed by atoms with Gasteiger partial charge in [-0.15, -0.1) is 0 Å². The molecule has 0 aliphatic carbocycles. The number of aromatic nitrogens is 4. The maximum atomic E-state index is 9.94. The first-order valence-corrected chi connectivity index (χ1v) is 7.11. The van der Waals surface area contributed by atoms with Crippen molar-refractivity contribution in [3.8, 4) is 0 Å². The van der Waals surface area contributed by atoms with E-state index in [0.29, 0.717) is 23.7 Å². The van der Waals surface area contributed by atoms with E-state index in [2.05, 4.69) is 30.2 Å². The van der Waals surface area contributed by atoms with Crippen LogP contribution in [-0.4, -0.2) is 50.3 Å². The highest BCUT2D eigenvalue weighted by molar-refractivity contribution is 5.85. The Labute approximate surface area is 116 Å². The second kappa shape index (κ2) is 4.31. The minimum absolute atomic E-state index is 0.174. The van der Waals surface area contributed by atoms with Crippen LogP contribution in [0.3, 0.4) is 0 Å². The topological polar surface area (TPSA) is 90.0 Å². The van der Waals surface area contributed by atoms with Crippen molar-refractivity contribution in [3.63, 3.8) is 0 Å². The maximum absolute atomic E-state index is 9.94. The number of aliphatic hydroxyl groups excluding tert-OH is 1. The molecule has 106 valence electrons. The van der Waals surface area contributed by atoms with E-state index < -0.39 is 0 Å². The van der Waals surface area contributed by atoms with Crippen molar-refractivity contribution in [2.75, 3.05) is 17.3 Å². The standard InChI is InChI=1S/C13H18N6O/c1-14-13-17-11-10(15-6-16-11)12(18-13)19-7-2-3-8(19)5-9(20)4-7/h6-9,20H,2-5H2,1H3,(H2,14,15,16,17,18). The summed E-state index contributed by atoms with van der Waals surface area (Å²) in [6.07, 6.45) is 5.37. The van der Waals surface area contributed by atoms with E-state index in [1.54, 1.807) is 6.33 Å². The van der Waals surface area contributed by atoms with Gasteiger partial charge < -0.3 is 20.3 Å². The summed E-state index contributed by atoms with van der Waals surface area (Å²) in [4.78, 5) is 18.7. The van der Waals surface area contributed by atoms with Crippen LogP contribution >= 0.6 is 0 Å². The molecule has 7 nitrogen and oxygen atoms in total. The van der Waals surface area contributed by atoms with E-state index in [1.807, 2.05) is 7.05 Å². The van der Waals surface area contributed by atoms with E-state index in [0.717, 1.165) is 37.0 Å². The van der Waals surface area contributed by atoms with Crippen molar-refractivity contribution in [1.29, 1.82) is 0 Å². The van der Waals surface area contributed by atoms with Gasteiger partial charge in [0.2, 0.25) is 5.95 Å². The molecule has 2 bridgehead atoms. The number of imidazole rings is 1. The van der Waals surface area contributed by atoms with Crippen LogP contribution in [0.15, 0.2) is 6.33 Å². The smallest absolute Gasteiger partial charge is 0.226 e. The van der Waals surface area contributed by atoms with E-state index in [4.69, 9.17) is 0 Å². The summed E-state index contributed by atoms with van der Waals surface area (Å²) in [6.45, 7) is 0. The molecule has 0 amide bonds. The first-order valence-electron chi connectivity index (χ1n) is 7.11. The number of hydrogen-bond acceptors (Lipinski definition) is 6. The Hall–Kier alpha value is -1.89. The number of aromatic amines is 1. The summed E-state index contributed by atoms with van der Waals surface area (Å²) in [6, 6.07) is 0.740. The molecule has 3 N–H and O–H groups in total. The summed E-state index contributed by atoms with van der Waals surface area (Å²) >= 11 is 0. The minimum Gasteiger partial charge on any atom is -0.393 e. The summed E-state index contributed by atoms with van der Waals surface area (Å²) in [5, 5.41) is 12.9. The molecule has 2 saturated heterocycles. The molecule has 2 unspecified atom stereocenters. The third kappa shape index (κ3) is 1.66. The van der Waals surface area contributed by atoms with Gasteiger partial charge in [0.15, 0.2) is 11.5 Å². The predicted octanol–water partition coefficient (Wildman–Crippen LogP) is 0.887. The lowest BCUT2D eigenvalue weighted by Crippen LogP contribution is -2.45. The Morgan fingerprint density at radius 2 is 2.05 bits per heavy atom. The van der Waals surface area contributed by atoms with Crippen LogP contribution < -0.4 is 10.2 Å². The molecule has 2 fully saturated rings. The number of nitrogens with zero attached hydrogens (tertiary/aromatic N) is 4. The summed E-state index contributed by atoms with van der Waals surface area (Å²) in [5.41, 5.74) is 1.57. The van der Waals surface area contributed by atoms with Crippen molar-refractivity contribution in [2.45, 2.75) is 43.9 Å². The van der Waals surface area contributed by atoms with E-state index in [1.165, 1.54) is 0 Å². The van der Waals surface area contributed by atoms with Crippen molar-refractivity contribution in [2.24, 2.45) is 0 Å². The number of fused-ring (bicyclic) bond motifs is 3. The lowest BCUT2D eigenvalue weighted by atomic mass is 10.00. The molecule has 2 aliphatic rings. The number of anilines is 2. The van der Waals surface area contributed by atoms with Gasteiger partial charge in [-0.05, 0) is 25.7 Å². The average Bonchev–Trinajstić information content (AvgIpc) is 3.01. The first-order chi connectivity index (χ1) is 9.76. The quantitative estimate of drug-likeness (QED) is 0.753. The molecule has 0 spiro atoms. The molecule has 2 aromatic rings. The highest BCUT2D eigenvalue weighted by Gasteiger charge is 2.41. The van der Waals surface area contributed by atoms with Gasteiger partial charge in [-0.25, -0.2) is 4.98 Å². The lowest BCUT2D eigenvalue weighted by Gasteiger charge is -2.38. The molecule has 7 heteroatoms. The zero-order valence-corrected chi connectivity index (χ0v) is 11.4. The molecule has 0 saturated carbocycles. The third-order valence-corrected chi connectivity index (χ3v) is 4.44. The zero-order valence-electron chi connectivity index (χ0n) is 11.4. The number of aliphatic hydroxyl groups is 1. The van der Waals surface area contributed by atoms with Gasteiger partial charge in [-0.1, -0.05) is 0 Å². The van der Waals surface area contributed by atoms with Crippen LogP contribution in [0.25, 0.3) is 11.2 Å². The number of rotatable bonds is 2. The van der Waals surface area contributed by atoms with Gasteiger partial charge in [-0.2, -0.15) is 9.97 Å². The highest BCUT2D eigenvalue weighted by atomic mass is 16.3. The van der Waals surface area contributed by atoms with Crippen molar-refractivity contribution < 1.29 is 5.11 Å². The molecule has 4 rings (SSSR count). The predicted molar refractivity (Wildman–Crippen MR) is 75.8 cm³/mol.